The van der Waals surface area contributed by atoms with Gasteiger partial charge >= 0.3 is 0 Å². The third-order valence-electron chi connectivity index (χ3n) is 2.04. The fourth-order valence-electron chi connectivity index (χ4n) is 1.26. The van der Waals surface area contributed by atoms with Crippen LogP contribution >= 0.6 is 0 Å². The summed E-state index contributed by atoms with van der Waals surface area (Å²) in [7, 11) is 0. The Morgan fingerprint density at radius 2 is 2.21 bits per heavy atom. The van der Waals surface area contributed by atoms with E-state index in [1.807, 2.05) is 13.0 Å². The quantitative estimate of drug-likeness (QED) is 0.531. The van der Waals surface area contributed by atoms with Crippen LogP contribution in [-0.2, 0) is 0 Å². The van der Waals surface area contributed by atoms with Crippen LogP contribution in [0.1, 0.15) is 24.0 Å². The van der Waals surface area contributed by atoms with Crippen LogP contribution in [-0.4, -0.2) is 4.92 Å². The molecule has 1 aromatic rings. The van der Waals surface area contributed by atoms with Crippen LogP contribution in [0.2, 0.25) is 0 Å². The molecule has 0 aromatic heterocycles. The Morgan fingerprint density at radius 3 is 2.71 bits per heavy atom. The Morgan fingerprint density at radius 1 is 1.57 bits per heavy atom. The normalized spacial score (nSPS) is 11.8. The van der Waals surface area contributed by atoms with Crippen LogP contribution in [0.4, 0.5) is 5.69 Å². The highest BCUT2D eigenvalue weighted by molar-refractivity contribution is 5.46. The molecule has 4 nitrogen and oxygen atoms in total. The van der Waals surface area contributed by atoms with Gasteiger partial charge in [-0.3, -0.25) is 10.1 Å². The monoisotopic (exact) mass is 190 g/mol. The van der Waals surface area contributed by atoms with Crippen molar-refractivity contribution in [1.29, 1.82) is 5.26 Å². The Labute approximate surface area is 81.9 Å². The maximum atomic E-state index is 10.6. The van der Waals surface area contributed by atoms with Crippen molar-refractivity contribution >= 4 is 5.69 Å². The lowest BCUT2D eigenvalue weighted by Crippen LogP contribution is -1.98. The number of nitriles is 1. The number of benzene rings is 1. The van der Waals surface area contributed by atoms with Gasteiger partial charge in [0.15, 0.2) is 0 Å². The molecule has 0 spiro atoms. The minimum atomic E-state index is -0.456. The number of rotatable bonds is 2. The molecular weight excluding hydrogens is 180 g/mol. The molecule has 0 amide bonds. The maximum Gasteiger partial charge on any atom is 0.273 e. The average Bonchev–Trinajstić information content (AvgIpc) is 2.16. The molecule has 0 heterocycles. The Balaban J connectivity index is 3.31. The van der Waals surface area contributed by atoms with Gasteiger partial charge in [-0.15, -0.1) is 0 Å². The second kappa shape index (κ2) is 3.88. The molecule has 0 N–H and O–H groups in total. The van der Waals surface area contributed by atoms with Crippen LogP contribution in [0.3, 0.4) is 0 Å². The molecule has 0 saturated carbocycles. The summed E-state index contributed by atoms with van der Waals surface area (Å²) in [6.45, 7) is 3.50. The number of aryl methyl sites for hydroxylation is 1. The summed E-state index contributed by atoms with van der Waals surface area (Å²) >= 11 is 0. The first-order chi connectivity index (χ1) is 6.56. The zero-order valence-electron chi connectivity index (χ0n) is 8.02. The van der Waals surface area contributed by atoms with E-state index in [4.69, 9.17) is 5.26 Å². The summed E-state index contributed by atoms with van der Waals surface area (Å²) in [5.74, 6) is -0.449. The van der Waals surface area contributed by atoms with Crippen LogP contribution in [0.5, 0.6) is 0 Å². The van der Waals surface area contributed by atoms with E-state index in [2.05, 4.69) is 0 Å². The van der Waals surface area contributed by atoms with E-state index in [-0.39, 0.29) is 5.69 Å². The van der Waals surface area contributed by atoms with E-state index in [0.29, 0.717) is 5.56 Å². The first-order valence-corrected chi connectivity index (χ1v) is 4.21. The highest BCUT2D eigenvalue weighted by Crippen LogP contribution is 2.26. The van der Waals surface area contributed by atoms with E-state index in [9.17, 15) is 10.1 Å². The van der Waals surface area contributed by atoms with Gasteiger partial charge in [0, 0.05) is 11.6 Å². The van der Waals surface area contributed by atoms with E-state index in [1.54, 1.807) is 19.1 Å². The molecule has 0 fully saturated rings. The van der Waals surface area contributed by atoms with Gasteiger partial charge in [-0.05, 0) is 19.9 Å². The summed E-state index contributed by atoms with van der Waals surface area (Å²) in [6, 6.07) is 6.80. The number of nitro groups is 1. The van der Waals surface area contributed by atoms with Crippen LogP contribution in [0.25, 0.3) is 0 Å². The summed E-state index contributed by atoms with van der Waals surface area (Å²) in [5.41, 5.74) is 1.43. The lowest BCUT2D eigenvalue weighted by atomic mass is 9.99. The van der Waals surface area contributed by atoms with Gasteiger partial charge in [-0.2, -0.15) is 5.26 Å². The topological polar surface area (TPSA) is 66.9 Å². The van der Waals surface area contributed by atoms with E-state index in [0.717, 1.165) is 5.56 Å². The molecule has 14 heavy (non-hydrogen) atoms. The average molecular weight is 190 g/mol. The number of hydrogen-bond donors (Lipinski definition) is 0. The lowest BCUT2D eigenvalue weighted by Gasteiger charge is -2.04. The van der Waals surface area contributed by atoms with Gasteiger partial charge in [0.25, 0.3) is 5.69 Å². The van der Waals surface area contributed by atoms with E-state index < -0.39 is 10.8 Å². The Hall–Kier alpha value is -1.89. The van der Waals surface area contributed by atoms with Crippen LogP contribution in [0.15, 0.2) is 18.2 Å². The standard InChI is InChI=1S/C10H10N2O2/c1-7-3-4-10(12(13)14)9(5-7)8(2)6-11/h3-5,8H,1-2H3. The molecule has 0 aliphatic carbocycles. The van der Waals surface area contributed by atoms with Gasteiger partial charge in [-0.25, -0.2) is 0 Å². The fraction of sp³-hybridized carbons (Fsp3) is 0.300. The van der Waals surface area contributed by atoms with Crippen molar-refractivity contribution in [2.24, 2.45) is 0 Å². The van der Waals surface area contributed by atoms with Crippen molar-refractivity contribution in [3.63, 3.8) is 0 Å². The zero-order chi connectivity index (χ0) is 10.7. The lowest BCUT2D eigenvalue weighted by molar-refractivity contribution is -0.385. The van der Waals surface area contributed by atoms with Crippen molar-refractivity contribution < 1.29 is 4.92 Å². The highest BCUT2D eigenvalue weighted by Gasteiger charge is 2.18. The second-order valence-electron chi connectivity index (χ2n) is 3.17. The molecule has 0 bridgehead atoms. The summed E-state index contributed by atoms with van der Waals surface area (Å²) < 4.78 is 0. The van der Waals surface area contributed by atoms with Gasteiger partial charge < -0.3 is 0 Å². The third-order valence-corrected chi connectivity index (χ3v) is 2.04. The predicted octanol–water partition coefficient (Wildman–Crippen LogP) is 2.53. The molecule has 0 radical (unpaired) electrons. The van der Waals surface area contributed by atoms with Crippen molar-refractivity contribution in [2.45, 2.75) is 19.8 Å². The molecule has 0 aliphatic rings. The minimum Gasteiger partial charge on any atom is -0.258 e. The third kappa shape index (κ3) is 1.88. The van der Waals surface area contributed by atoms with Crippen molar-refractivity contribution in [3.8, 4) is 6.07 Å². The van der Waals surface area contributed by atoms with Crippen molar-refractivity contribution in [3.05, 3.63) is 39.4 Å². The molecule has 1 aromatic carbocycles. The summed E-state index contributed by atoms with van der Waals surface area (Å²) in [4.78, 5) is 10.2. The SMILES string of the molecule is Cc1ccc([N+](=O)[O-])c(C(C)C#N)c1. The van der Waals surface area contributed by atoms with E-state index >= 15 is 0 Å². The summed E-state index contributed by atoms with van der Waals surface area (Å²) in [6.07, 6.45) is 0. The summed E-state index contributed by atoms with van der Waals surface area (Å²) in [5, 5.41) is 19.4. The van der Waals surface area contributed by atoms with Crippen molar-refractivity contribution in [1.82, 2.24) is 0 Å². The molecule has 4 heteroatoms. The van der Waals surface area contributed by atoms with E-state index in [1.165, 1.54) is 6.07 Å². The number of nitro benzene ring substituents is 1. The van der Waals surface area contributed by atoms with Crippen molar-refractivity contribution in [2.75, 3.05) is 0 Å². The highest BCUT2D eigenvalue weighted by atomic mass is 16.6. The molecule has 1 unspecified atom stereocenters. The molecule has 0 saturated heterocycles. The van der Waals surface area contributed by atoms with Crippen LogP contribution in [0, 0.1) is 28.4 Å². The van der Waals surface area contributed by atoms with Crippen LogP contribution < -0.4 is 0 Å². The molecule has 1 atom stereocenters. The largest absolute Gasteiger partial charge is 0.273 e. The number of hydrogen-bond acceptors (Lipinski definition) is 3. The zero-order valence-corrected chi connectivity index (χ0v) is 8.02. The molecule has 1 rings (SSSR count). The smallest absolute Gasteiger partial charge is 0.258 e. The Bertz CT molecular complexity index is 407. The fourth-order valence-corrected chi connectivity index (χ4v) is 1.26. The molecule has 72 valence electrons. The Kier molecular flexibility index (Phi) is 2.82. The number of nitrogens with zero attached hydrogens (tertiary/aromatic N) is 2. The second-order valence-corrected chi connectivity index (χ2v) is 3.17. The first-order valence-electron chi connectivity index (χ1n) is 4.21. The minimum absolute atomic E-state index is 0.0182. The predicted molar refractivity (Wildman–Crippen MR) is 51.9 cm³/mol. The molecular formula is C10H10N2O2. The van der Waals surface area contributed by atoms with Gasteiger partial charge in [0.05, 0.1) is 16.9 Å². The van der Waals surface area contributed by atoms with Gasteiger partial charge in [0.1, 0.15) is 0 Å². The maximum absolute atomic E-state index is 10.6. The van der Waals surface area contributed by atoms with Gasteiger partial charge in [0.2, 0.25) is 0 Å². The molecule has 0 aliphatic heterocycles. The first kappa shape index (κ1) is 10.2. The van der Waals surface area contributed by atoms with Gasteiger partial charge in [-0.1, -0.05) is 11.6 Å².